The molecule has 3 aliphatic carbocycles. The van der Waals surface area contributed by atoms with Crippen molar-refractivity contribution >= 4 is 115 Å². The number of amides is 4. The number of halogens is 10. The number of benzene rings is 2. The van der Waals surface area contributed by atoms with Gasteiger partial charge in [0.15, 0.2) is 23.3 Å². The molecule has 4 aliphatic heterocycles. The highest BCUT2D eigenvalue weighted by Crippen LogP contribution is 2.34. The third-order valence-corrected chi connectivity index (χ3v) is 16.0. The van der Waals surface area contributed by atoms with Gasteiger partial charge in [0.25, 0.3) is 0 Å². The molecule has 3 N–H and O–H groups in total. The summed E-state index contributed by atoms with van der Waals surface area (Å²) >= 11 is 15.9. The first-order valence-corrected chi connectivity index (χ1v) is 29.3. The highest BCUT2D eigenvalue weighted by atomic mass is 35.5. The van der Waals surface area contributed by atoms with Gasteiger partial charge in [-0.15, -0.1) is 0 Å². The van der Waals surface area contributed by atoms with Crippen LogP contribution >= 0.6 is 61.8 Å². The van der Waals surface area contributed by atoms with E-state index in [0.717, 1.165) is 95.2 Å². The zero-order valence-corrected chi connectivity index (χ0v) is 52.1. The Bertz CT molecular complexity index is 3310. The maximum absolute atomic E-state index is 14.2. The summed E-state index contributed by atoms with van der Waals surface area (Å²) in [4.78, 5) is 87.1. The molecule has 7 aliphatic rings. The highest BCUT2D eigenvalue weighted by molar-refractivity contribution is 7.59. The Hall–Kier alpha value is -6.79. The fourth-order valence-corrected chi connectivity index (χ4v) is 10.3. The minimum absolute atomic E-state index is 0. The molecule has 32 heteroatoms. The summed E-state index contributed by atoms with van der Waals surface area (Å²) in [5.74, 6) is -4.06. The molecule has 480 valence electrons. The third-order valence-electron chi connectivity index (χ3n) is 15.4. The maximum atomic E-state index is 14.2. The van der Waals surface area contributed by atoms with Crippen molar-refractivity contribution in [3.63, 3.8) is 0 Å². The number of carbonyl (C=O) groups is 5. The van der Waals surface area contributed by atoms with E-state index >= 15 is 0 Å². The summed E-state index contributed by atoms with van der Waals surface area (Å²) in [6.45, 7) is 4.18. The van der Waals surface area contributed by atoms with Gasteiger partial charge in [-0.2, -0.15) is 42.2 Å². The van der Waals surface area contributed by atoms with Gasteiger partial charge in [0.1, 0.15) is 34.8 Å². The van der Waals surface area contributed by atoms with E-state index in [-0.39, 0.29) is 114 Å². The van der Waals surface area contributed by atoms with Gasteiger partial charge in [-0.1, -0.05) is 19.3 Å². The van der Waals surface area contributed by atoms with Gasteiger partial charge in [0.2, 0.25) is 21.8 Å². The molecular formula is C57H65Cl3F7N15O5S2. The third kappa shape index (κ3) is 19.9. The van der Waals surface area contributed by atoms with E-state index in [1.807, 2.05) is 4.90 Å². The molecule has 5 aromatic rings. The molecule has 3 aromatic heterocycles. The lowest BCUT2D eigenvalue weighted by molar-refractivity contribution is -0.125. The second kappa shape index (κ2) is 33.9. The molecule has 3 saturated carbocycles. The number of ketones is 2. The molecule has 7 heterocycles. The number of nitrogens with zero attached hydrogens (tertiary/aromatic N) is 13. The number of hydrogen-bond acceptors (Lipinski definition) is 16. The first-order valence-electron chi connectivity index (χ1n) is 28.2. The number of anilines is 2. The van der Waals surface area contributed by atoms with Gasteiger partial charge in [0.05, 0.1) is 54.9 Å². The predicted molar refractivity (Wildman–Crippen MR) is 329 cm³/mol. The number of hydrazone groups is 2. The van der Waals surface area contributed by atoms with Crippen molar-refractivity contribution < 1.29 is 54.7 Å². The standard InChI is InChI=1S/C24H25F3N6O2.C14H16F2N4O.C10H10ClFN2O.C5H7ClO.C4H3ClFN3.2H2S/c25-17-10-16(11-18(26)12-17)21-4-5-29-33(21)24(35)32-8-6-31(7-9-32)23-28-14-19(27)20(30-23)13-22(34)15-2-1-3-15;15-11-7-10(8-12(16)9-11)13-1-2-18-20(13)14(21)19-5-3-17-4-6-19;11-10-13-5-7(12)8(14-10)4-9(15)6-2-1-3-6;6-5(7)4-2-1-3-4;5-4-8-1-2(6)3(7)9-4;;/h5,10-12,14-15,21H,1-4,6-9,13H2;2,7-9,13,17H,1,3-6H2;5-6H,1-4H2;4H,1-3H2;1H,(H2,7,8,9);2*1H2/t21-;13-;;;;;/m00...../s1. The van der Waals surface area contributed by atoms with Gasteiger partial charge in [-0.05, 0) is 109 Å². The highest BCUT2D eigenvalue weighted by Gasteiger charge is 2.36. The zero-order valence-electron chi connectivity index (χ0n) is 47.8. The van der Waals surface area contributed by atoms with E-state index in [1.54, 1.807) is 22.2 Å². The summed E-state index contributed by atoms with van der Waals surface area (Å²) in [6.07, 6.45) is 15.8. The van der Waals surface area contributed by atoms with Gasteiger partial charge in [0, 0.05) is 108 Å². The lowest BCUT2D eigenvalue weighted by Crippen LogP contribution is -2.52. The SMILES string of the molecule is Nc1nc(Cl)ncc1F.O=C(Cc1nc(Cl)ncc1F)C1CCC1.O=C(Cc1nc(N2CCN(C(=O)N3N=CC[C@H]3c3cc(F)cc(F)c3)CC2)ncc1F)C1CCC1.O=C(Cl)C1CCC1.O=C(N1CCNCC1)N1N=CC[C@H]1c1cc(F)cc(F)c1.S.S. The van der Waals surface area contributed by atoms with Crippen LogP contribution < -0.4 is 16.0 Å². The van der Waals surface area contributed by atoms with Crippen LogP contribution in [0.1, 0.15) is 105 Å². The molecule has 20 nitrogen and oxygen atoms in total. The second-order valence-electron chi connectivity index (χ2n) is 21.2. The Labute approximate surface area is 537 Å². The summed E-state index contributed by atoms with van der Waals surface area (Å²) in [5, 5.41) is 13.7. The minimum atomic E-state index is -0.707. The Morgan fingerprint density at radius 2 is 0.933 bits per heavy atom. The van der Waals surface area contributed by atoms with Gasteiger partial charge >= 0.3 is 12.1 Å². The first-order chi connectivity index (χ1) is 41.7. The fourth-order valence-electron chi connectivity index (χ4n) is 9.77. The first kappa shape index (κ1) is 71.3. The maximum Gasteiger partial charge on any atom is 0.341 e. The molecule has 0 spiro atoms. The van der Waals surface area contributed by atoms with Gasteiger partial charge in [-0.3, -0.25) is 14.4 Å². The number of rotatable bonds is 10. The van der Waals surface area contributed by atoms with Crippen LogP contribution in [-0.2, 0) is 27.2 Å². The topological polar surface area (TPSA) is 242 Å². The summed E-state index contributed by atoms with van der Waals surface area (Å²) in [5.41, 5.74) is 5.98. The Kier molecular flexibility index (Phi) is 27.1. The molecular weight excluding hydrogens is 1280 g/mol. The van der Waals surface area contributed by atoms with Crippen LogP contribution in [0.25, 0.3) is 0 Å². The van der Waals surface area contributed by atoms with Crippen LogP contribution in [-0.4, -0.2) is 143 Å². The number of piperazine rings is 2. The second-order valence-corrected chi connectivity index (χ2v) is 22.3. The molecule has 0 bridgehead atoms. The number of Topliss-reactive ketones (excluding diaryl/α,β-unsaturated/α-hetero) is 2. The molecule has 2 saturated heterocycles. The molecule has 89 heavy (non-hydrogen) atoms. The average Bonchev–Trinajstić information content (AvgIpc) is 1.98. The van der Waals surface area contributed by atoms with Crippen molar-refractivity contribution in [2.75, 3.05) is 63.0 Å². The van der Waals surface area contributed by atoms with Crippen LogP contribution in [0.15, 0.2) is 65.2 Å². The van der Waals surface area contributed by atoms with E-state index in [4.69, 9.17) is 40.5 Å². The Morgan fingerprint density at radius 3 is 1.33 bits per heavy atom. The fraction of sp³-hybridized carbons (Fsp3) is 0.456. The van der Waals surface area contributed by atoms with Gasteiger partial charge < -0.3 is 25.8 Å². The number of nitrogen functional groups attached to an aromatic ring is 1. The van der Waals surface area contributed by atoms with Crippen molar-refractivity contribution in [1.82, 2.24) is 55.0 Å². The van der Waals surface area contributed by atoms with E-state index in [9.17, 15) is 54.7 Å². The zero-order chi connectivity index (χ0) is 62.3. The Morgan fingerprint density at radius 1 is 0.528 bits per heavy atom. The summed E-state index contributed by atoms with van der Waals surface area (Å²) in [6, 6.07) is 4.92. The summed E-state index contributed by atoms with van der Waals surface area (Å²) < 4.78 is 93.7. The van der Waals surface area contributed by atoms with E-state index in [2.05, 4.69) is 45.4 Å². The van der Waals surface area contributed by atoms with E-state index < -0.39 is 52.8 Å². The van der Waals surface area contributed by atoms with Crippen LogP contribution in [0.2, 0.25) is 10.6 Å². The number of urea groups is 2. The number of nitrogens with one attached hydrogen (secondary N) is 1. The molecule has 2 aromatic carbocycles. The molecule has 12 rings (SSSR count). The van der Waals surface area contributed by atoms with Crippen molar-refractivity contribution in [3.05, 3.63) is 129 Å². The van der Waals surface area contributed by atoms with Crippen molar-refractivity contribution in [2.45, 2.75) is 95.6 Å². The predicted octanol–water partition coefficient (Wildman–Crippen LogP) is 10.0. The summed E-state index contributed by atoms with van der Waals surface area (Å²) in [7, 11) is 0. The lowest BCUT2D eigenvalue weighted by Gasteiger charge is -2.37. The average molecular weight is 1340 g/mol. The number of hydrogen-bond donors (Lipinski definition) is 2. The quantitative estimate of drug-likeness (QED) is 0.0751. The van der Waals surface area contributed by atoms with Gasteiger partial charge in [-0.25, -0.2) is 75.3 Å². The lowest BCUT2D eigenvalue weighted by atomic mass is 9.81. The normalized spacial score (nSPS) is 18.5. The van der Waals surface area contributed by atoms with Crippen LogP contribution in [0, 0.1) is 58.5 Å². The van der Waals surface area contributed by atoms with E-state index in [0.29, 0.717) is 69.2 Å². The van der Waals surface area contributed by atoms with Crippen molar-refractivity contribution in [1.29, 1.82) is 0 Å². The smallest absolute Gasteiger partial charge is 0.341 e. The molecule has 0 unspecified atom stereocenters. The van der Waals surface area contributed by atoms with Crippen molar-refractivity contribution in [2.24, 2.45) is 28.0 Å². The molecule has 5 fully saturated rings. The van der Waals surface area contributed by atoms with E-state index in [1.165, 1.54) is 40.7 Å². The number of aromatic nitrogens is 6. The monoisotopic (exact) mass is 1340 g/mol. The Balaban J connectivity index is 0.000000198. The van der Waals surface area contributed by atoms with Crippen molar-refractivity contribution in [3.8, 4) is 0 Å². The van der Waals surface area contributed by atoms with Crippen LogP contribution in [0.5, 0.6) is 0 Å². The number of nitrogens with two attached hydrogens (primary N) is 1. The molecule has 2 atom stereocenters. The largest absolute Gasteiger partial charge is 0.381 e. The molecule has 0 radical (unpaired) electrons. The van der Waals surface area contributed by atoms with Crippen LogP contribution in [0.3, 0.4) is 0 Å². The molecule has 4 amide bonds. The minimum Gasteiger partial charge on any atom is -0.381 e. The van der Waals surface area contributed by atoms with Crippen LogP contribution in [0.4, 0.5) is 52.1 Å². The number of carbonyl (C=O) groups excluding carboxylic acids is 5.